The Balaban J connectivity index is 1.49. The molecule has 0 radical (unpaired) electrons. The fourth-order valence-corrected chi connectivity index (χ4v) is 3.22. The quantitative estimate of drug-likeness (QED) is 0.850. The van der Waals surface area contributed by atoms with Gasteiger partial charge in [-0.2, -0.15) is 0 Å². The first-order chi connectivity index (χ1) is 9.24. The molecule has 0 bridgehead atoms. The molecule has 0 spiro atoms. The molecule has 3 rings (SSSR count). The highest BCUT2D eigenvalue weighted by Gasteiger charge is 2.42. The van der Waals surface area contributed by atoms with E-state index in [-0.39, 0.29) is 5.91 Å². The molecule has 1 amide bonds. The predicted octanol–water partition coefficient (Wildman–Crippen LogP) is 3.69. The maximum absolute atomic E-state index is 12.1. The topological polar surface area (TPSA) is 29.1 Å². The summed E-state index contributed by atoms with van der Waals surface area (Å²) in [6.45, 7) is 0. The number of halogens is 1. The van der Waals surface area contributed by atoms with Crippen molar-refractivity contribution in [2.45, 2.75) is 44.6 Å². The number of benzene rings is 1. The van der Waals surface area contributed by atoms with Gasteiger partial charge in [0, 0.05) is 16.9 Å². The molecule has 0 atom stereocenters. The van der Waals surface area contributed by atoms with Crippen molar-refractivity contribution in [1.29, 1.82) is 0 Å². The van der Waals surface area contributed by atoms with E-state index in [9.17, 15) is 4.79 Å². The third-order valence-corrected chi connectivity index (χ3v) is 4.94. The molecule has 2 fully saturated rings. The Kier molecular flexibility index (Phi) is 3.92. The smallest absolute Gasteiger partial charge is 0.220 e. The zero-order valence-electron chi connectivity index (χ0n) is 11.1. The van der Waals surface area contributed by atoms with Crippen molar-refractivity contribution in [2.75, 3.05) is 0 Å². The molecule has 2 saturated carbocycles. The number of aryl methyl sites for hydroxylation is 1. The van der Waals surface area contributed by atoms with Gasteiger partial charge in [0.2, 0.25) is 5.91 Å². The summed E-state index contributed by atoms with van der Waals surface area (Å²) < 4.78 is 1.10. The van der Waals surface area contributed by atoms with Crippen LogP contribution in [0.3, 0.4) is 0 Å². The second kappa shape index (κ2) is 5.66. The van der Waals surface area contributed by atoms with Crippen LogP contribution in [0.1, 0.15) is 37.7 Å². The summed E-state index contributed by atoms with van der Waals surface area (Å²) in [6.07, 6.45) is 6.66. The summed E-state index contributed by atoms with van der Waals surface area (Å²) in [5, 5.41) is 3.28. The van der Waals surface area contributed by atoms with Crippen molar-refractivity contribution in [2.24, 2.45) is 11.8 Å². The predicted molar refractivity (Wildman–Crippen MR) is 79.8 cm³/mol. The molecule has 0 aromatic heterocycles. The van der Waals surface area contributed by atoms with E-state index in [1.165, 1.54) is 31.2 Å². The number of amides is 1. The second-order valence-electron chi connectivity index (χ2n) is 5.86. The minimum atomic E-state index is 0.222. The average molecular weight is 322 g/mol. The van der Waals surface area contributed by atoms with Gasteiger partial charge in [-0.1, -0.05) is 34.1 Å². The van der Waals surface area contributed by atoms with Crippen LogP contribution in [0.2, 0.25) is 0 Å². The van der Waals surface area contributed by atoms with E-state index in [1.54, 1.807) is 0 Å². The summed E-state index contributed by atoms with van der Waals surface area (Å²) in [4.78, 5) is 12.1. The molecular formula is C16H20BrNO. The molecule has 0 heterocycles. The Morgan fingerprint density at radius 2 is 1.84 bits per heavy atom. The third-order valence-electron chi connectivity index (χ3n) is 4.17. The standard InChI is InChI=1S/C16H20BrNO/c17-14-4-2-1-3-11(14)9-10-15(19)18-16(12-5-6-12)13-7-8-13/h1-4,12-13,16H,5-10H2,(H,18,19). The summed E-state index contributed by atoms with van der Waals surface area (Å²) in [7, 11) is 0. The Bertz CT molecular complexity index is 454. The van der Waals surface area contributed by atoms with Gasteiger partial charge in [-0.3, -0.25) is 4.79 Å². The van der Waals surface area contributed by atoms with Gasteiger partial charge in [-0.15, -0.1) is 0 Å². The highest BCUT2D eigenvalue weighted by molar-refractivity contribution is 9.10. The molecule has 1 N–H and O–H groups in total. The number of rotatable bonds is 6. The van der Waals surface area contributed by atoms with Gasteiger partial charge in [0.05, 0.1) is 0 Å². The SMILES string of the molecule is O=C(CCc1ccccc1Br)NC(C1CC1)C1CC1. The lowest BCUT2D eigenvalue weighted by Crippen LogP contribution is -2.38. The first kappa shape index (κ1) is 13.2. The van der Waals surface area contributed by atoms with Crippen LogP contribution in [0.25, 0.3) is 0 Å². The van der Waals surface area contributed by atoms with E-state index in [2.05, 4.69) is 27.3 Å². The van der Waals surface area contributed by atoms with Gasteiger partial charge >= 0.3 is 0 Å². The first-order valence-corrected chi connectivity index (χ1v) is 8.06. The van der Waals surface area contributed by atoms with E-state index in [1.807, 2.05) is 18.2 Å². The van der Waals surface area contributed by atoms with E-state index >= 15 is 0 Å². The van der Waals surface area contributed by atoms with Gasteiger partial charge < -0.3 is 5.32 Å². The number of hydrogen-bond donors (Lipinski definition) is 1. The molecule has 102 valence electrons. The van der Waals surface area contributed by atoms with Crippen LogP contribution in [0.15, 0.2) is 28.7 Å². The van der Waals surface area contributed by atoms with Crippen LogP contribution in [0, 0.1) is 11.8 Å². The molecule has 2 aliphatic carbocycles. The summed E-state index contributed by atoms with van der Waals surface area (Å²) in [6, 6.07) is 8.62. The summed E-state index contributed by atoms with van der Waals surface area (Å²) in [5.74, 6) is 1.78. The van der Waals surface area contributed by atoms with E-state index in [4.69, 9.17) is 0 Å². The maximum Gasteiger partial charge on any atom is 0.220 e. The molecule has 0 saturated heterocycles. The Morgan fingerprint density at radius 3 is 2.42 bits per heavy atom. The fraction of sp³-hybridized carbons (Fsp3) is 0.562. The van der Waals surface area contributed by atoms with E-state index in [0.717, 1.165) is 22.7 Å². The van der Waals surface area contributed by atoms with E-state index < -0.39 is 0 Å². The number of carbonyl (C=O) groups is 1. The number of hydrogen-bond acceptors (Lipinski definition) is 1. The van der Waals surface area contributed by atoms with Crippen molar-refractivity contribution >= 4 is 21.8 Å². The van der Waals surface area contributed by atoms with Gasteiger partial charge in [0.1, 0.15) is 0 Å². The third kappa shape index (κ3) is 3.59. The zero-order valence-corrected chi connectivity index (χ0v) is 12.7. The highest BCUT2D eigenvalue weighted by atomic mass is 79.9. The van der Waals surface area contributed by atoms with Crippen LogP contribution < -0.4 is 5.32 Å². The summed E-state index contributed by atoms with van der Waals surface area (Å²) >= 11 is 3.53. The van der Waals surface area contributed by atoms with Crippen molar-refractivity contribution in [3.63, 3.8) is 0 Å². The van der Waals surface area contributed by atoms with Gasteiger partial charge in [-0.25, -0.2) is 0 Å². The fourth-order valence-electron chi connectivity index (χ4n) is 2.74. The molecule has 2 nitrogen and oxygen atoms in total. The van der Waals surface area contributed by atoms with Gasteiger partial charge in [0.15, 0.2) is 0 Å². The number of nitrogens with one attached hydrogen (secondary N) is 1. The van der Waals surface area contributed by atoms with Crippen molar-refractivity contribution < 1.29 is 4.79 Å². The molecular weight excluding hydrogens is 302 g/mol. The van der Waals surface area contributed by atoms with Crippen LogP contribution in [0.5, 0.6) is 0 Å². The van der Waals surface area contributed by atoms with Gasteiger partial charge in [0.25, 0.3) is 0 Å². The van der Waals surface area contributed by atoms with Crippen LogP contribution >= 0.6 is 15.9 Å². The first-order valence-electron chi connectivity index (χ1n) is 7.27. The highest BCUT2D eigenvalue weighted by Crippen LogP contribution is 2.44. The Labute approximate surface area is 123 Å². The molecule has 0 aliphatic heterocycles. The van der Waals surface area contributed by atoms with Crippen LogP contribution in [0.4, 0.5) is 0 Å². The monoisotopic (exact) mass is 321 g/mol. The van der Waals surface area contributed by atoms with Crippen molar-refractivity contribution in [3.05, 3.63) is 34.3 Å². The molecule has 19 heavy (non-hydrogen) atoms. The van der Waals surface area contributed by atoms with Crippen molar-refractivity contribution in [3.8, 4) is 0 Å². The molecule has 2 aliphatic rings. The minimum absolute atomic E-state index is 0.222. The van der Waals surface area contributed by atoms with Crippen LogP contribution in [-0.2, 0) is 11.2 Å². The molecule has 1 aromatic rings. The lowest BCUT2D eigenvalue weighted by atomic mass is 10.1. The second-order valence-corrected chi connectivity index (χ2v) is 6.71. The Hall–Kier alpha value is -0.830. The molecule has 0 unspecified atom stereocenters. The maximum atomic E-state index is 12.1. The molecule has 3 heteroatoms. The van der Waals surface area contributed by atoms with Gasteiger partial charge in [-0.05, 0) is 55.6 Å². The number of carbonyl (C=O) groups excluding carboxylic acids is 1. The average Bonchev–Trinajstić information content (AvgIpc) is 3.28. The largest absolute Gasteiger partial charge is 0.353 e. The molecule has 1 aromatic carbocycles. The van der Waals surface area contributed by atoms with Crippen LogP contribution in [-0.4, -0.2) is 11.9 Å². The lowest BCUT2D eigenvalue weighted by molar-refractivity contribution is -0.122. The Morgan fingerprint density at radius 1 is 1.21 bits per heavy atom. The van der Waals surface area contributed by atoms with Crippen molar-refractivity contribution in [1.82, 2.24) is 5.32 Å². The lowest BCUT2D eigenvalue weighted by Gasteiger charge is -2.17. The summed E-state index contributed by atoms with van der Waals surface area (Å²) in [5.41, 5.74) is 1.21. The zero-order chi connectivity index (χ0) is 13.2. The minimum Gasteiger partial charge on any atom is -0.353 e. The van der Waals surface area contributed by atoms with E-state index in [0.29, 0.717) is 12.5 Å². The normalized spacial score (nSPS) is 18.6.